The summed E-state index contributed by atoms with van der Waals surface area (Å²) < 4.78 is 0. The molecule has 1 unspecified atom stereocenters. The lowest BCUT2D eigenvalue weighted by Gasteiger charge is -2.32. The maximum atomic E-state index is 11.8. The number of carbonyl (C=O) groups excluding carboxylic acids is 2. The summed E-state index contributed by atoms with van der Waals surface area (Å²) in [6.45, 7) is 4.80. The first-order chi connectivity index (χ1) is 8.18. The van der Waals surface area contributed by atoms with Gasteiger partial charge in [0.15, 0.2) is 0 Å². The topological polar surface area (TPSA) is 61.4 Å². The highest BCUT2D eigenvalue weighted by atomic mass is 16.2. The molecular weight excluding hydrogens is 218 g/mol. The summed E-state index contributed by atoms with van der Waals surface area (Å²) in [5, 5.41) is 5.99. The summed E-state index contributed by atoms with van der Waals surface area (Å²) in [5.74, 6) is -0.251. The van der Waals surface area contributed by atoms with Crippen LogP contribution in [-0.2, 0) is 9.59 Å². The highest BCUT2D eigenvalue weighted by molar-refractivity contribution is 6.35. The standard InChI is InChI=1S/C12H21N3O2/c1-9(10-3-2-4-10)14-11(16)12(17)15-7-5-13-6-8-15/h9-10,13H,2-8H2,1H3,(H,14,16). The molecule has 1 aliphatic heterocycles. The average molecular weight is 239 g/mol. The molecule has 0 radical (unpaired) electrons. The van der Waals surface area contributed by atoms with Crippen molar-refractivity contribution in [3.8, 4) is 0 Å². The van der Waals surface area contributed by atoms with Gasteiger partial charge < -0.3 is 15.5 Å². The second-order valence-corrected chi connectivity index (χ2v) is 5.00. The Balaban J connectivity index is 1.79. The normalized spacial score (nSPS) is 22.8. The number of carbonyl (C=O) groups is 2. The molecule has 1 atom stereocenters. The van der Waals surface area contributed by atoms with E-state index in [0.717, 1.165) is 13.1 Å². The van der Waals surface area contributed by atoms with Crippen molar-refractivity contribution < 1.29 is 9.59 Å². The van der Waals surface area contributed by atoms with E-state index in [1.165, 1.54) is 19.3 Å². The van der Waals surface area contributed by atoms with Gasteiger partial charge in [-0.15, -0.1) is 0 Å². The van der Waals surface area contributed by atoms with Crippen molar-refractivity contribution >= 4 is 11.8 Å². The fraction of sp³-hybridized carbons (Fsp3) is 0.833. The Bertz CT molecular complexity index is 296. The van der Waals surface area contributed by atoms with Gasteiger partial charge in [-0.3, -0.25) is 9.59 Å². The molecule has 0 aromatic carbocycles. The summed E-state index contributed by atoms with van der Waals surface area (Å²) >= 11 is 0. The van der Waals surface area contributed by atoms with Crippen LogP contribution in [-0.4, -0.2) is 48.9 Å². The van der Waals surface area contributed by atoms with Crippen LogP contribution in [0.3, 0.4) is 0 Å². The summed E-state index contributed by atoms with van der Waals surface area (Å²) in [5.41, 5.74) is 0. The van der Waals surface area contributed by atoms with Crippen LogP contribution in [0.2, 0.25) is 0 Å². The molecule has 2 aliphatic rings. The number of amides is 2. The van der Waals surface area contributed by atoms with Gasteiger partial charge in [-0.2, -0.15) is 0 Å². The molecular formula is C12H21N3O2. The molecule has 2 fully saturated rings. The van der Waals surface area contributed by atoms with Crippen molar-refractivity contribution in [3.63, 3.8) is 0 Å². The van der Waals surface area contributed by atoms with E-state index in [9.17, 15) is 9.59 Å². The molecule has 1 saturated heterocycles. The first-order valence-corrected chi connectivity index (χ1v) is 6.49. The van der Waals surface area contributed by atoms with Crippen molar-refractivity contribution in [2.24, 2.45) is 5.92 Å². The minimum Gasteiger partial charge on any atom is -0.345 e. The third-order valence-corrected chi connectivity index (χ3v) is 3.81. The molecule has 5 heteroatoms. The van der Waals surface area contributed by atoms with Crippen LogP contribution >= 0.6 is 0 Å². The van der Waals surface area contributed by atoms with E-state index in [-0.39, 0.29) is 11.9 Å². The first kappa shape index (κ1) is 12.4. The number of nitrogens with one attached hydrogen (secondary N) is 2. The molecule has 17 heavy (non-hydrogen) atoms. The third-order valence-electron chi connectivity index (χ3n) is 3.81. The Kier molecular flexibility index (Phi) is 3.99. The third kappa shape index (κ3) is 2.97. The zero-order chi connectivity index (χ0) is 12.3. The molecule has 0 aromatic rings. The molecule has 5 nitrogen and oxygen atoms in total. The molecule has 2 N–H and O–H groups in total. The minimum absolute atomic E-state index is 0.128. The molecule has 2 amide bonds. The van der Waals surface area contributed by atoms with E-state index in [0.29, 0.717) is 19.0 Å². The van der Waals surface area contributed by atoms with Gasteiger partial charge in [-0.05, 0) is 25.7 Å². The van der Waals surface area contributed by atoms with Crippen molar-refractivity contribution in [3.05, 3.63) is 0 Å². The predicted molar refractivity (Wildman–Crippen MR) is 64.4 cm³/mol. The Morgan fingerprint density at radius 3 is 2.47 bits per heavy atom. The lowest BCUT2D eigenvalue weighted by atomic mass is 9.80. The molecule has 2 rings (SSSR count). The fourth-order valence-corrected chi connectivity index (χ4v) is 2.34. The largest absolute Gasteiger partial charge is 0.345 e. The summed E-state index contributed by atoms with van der Waals surface area (Å²) in [6, 6.07) is 0.128. The van der Waals surface area contributed by atoms with E-state index < -0.39 is 5.91 Å². The first-order valence-electron chi connectivity index (χ1n) is 6.49. The maximum absolute atomic E-state index is 11.8. The van der Waals surface area contributed by atoms with Gasteiger partial charge >= 0.3 is 11.8 Å². The number of hydrogen-bond acceptors (Lipinski definition) is 3. The highest BCUT2D eigenvalue weighted by Crippen LogP contribution is 2.29. The Hall–Kier alpha value is -1.10. The van der Waals surface area contributed by atoms with Crippen LogP contribution in [0.4, 0.5) is 0 Å². The van der Waals surface area contributed by atoms with Crippen molar-refractivity contribution in [1.29, 1.82) is 0 Å². The zero-order valence-electron chi connectivity index (χ0n) is 10.4. The lowest BCUT2D eigenvalue weighted by Crippen LogP contribution is -2.53. The summed E-state index contributed by atoms with van der Waals surface area (Å²) in [4.78, 5) is 25.2. The van der Waals surface area contributed by atoms with Gasteiger partial charge in [0.05, 0.1) is 0 Å². The summed E-state index contributed by atoms with van der Waals surface area (Å²) in [6.07, 6.45) is 3.59. The minimum atomic E-state index is -0.439. The van der Waals surface area contributed by atoms with Crippen LogP contribution in [0.15, 0.2) is 0 Å². The monoisotopic (exact) mass is 239 g/mol. The number of hydrogen-bond donors (Lipinski definition) is 2. The number of rotatable bonds is 2. The van der Waals surface area contributed by atoms with Crippen molar-refractivity contribution in [1.82, 2.24) is 15.5 Å². The van der Waals surface area contributed by atoms with Gasteiger partial charge in [-0.25, -0.2) is 0 Å². The lowest BCUT2D eigenvalue weighted by molar-refractivity contribution is -0.146. The van der Waals surface area contributed by atoms with E-state index >= 15 is 0 Å². The Morgan fingerprint density at radius 2 is 1.94 bits per heavy atom. The van der Waals surface area contributed by atoms with Gasteiger partial charge in [0, 0.05) is 32.2 Å². The van der Waals surface area contributed by atoms with Gasteiger partial charge in [0.25, 0.3) is 0 Å². The van der Waals surface area contributed by atoms with E-state index in [4.69, 9.17) is 0 Å². The van der Waals surface area contributed by atoms with E-state index in [1.807, 2.05) is 6.92 Å². The second kappa shape index (κ2) is 5.49. The van der Waals surface area contributed by atoms with Crippen LogP contribution in [0, 0.1) is 5.92 Å². The predicted octanol–water partition coefficient (Wildman–Crippen LogP) is -0.277. The average Bonchev–Trinajstić information content (AvgIpc) is 2.26. The fourth-order valence-electron chi connectivity index (χ4n) is 2.34. The SMILES string of the molecule is CC(NC(=O)C(=O)N1CCNCC1)C1CCC1. The quantitative estimate of drug-likeness (QED) is 0.652. The molecule has 1 aliphatic carbocycles. The highest BCUT2D eigenvalue weighted by Gasteiger charge is 2.29. The molecule has 0 bridgehead atoms. The maximum Gasteiger partial charge on any atom is 0.311 e. The molecule has 96 valence electrons. The van der Waals surface area contributed by atoms with Crippen LogP contribution in [0.5, 0.6) is 0 Å². The zero-order valence-corrected chi connectivity index (χ0v) is 10.4. The Labute approximate surface area is 102 Å². The van der Waals surface area contributed by atoms with E-state index in [2.05, 4.69) is 10.6 Å². The van der Waals surface area contributed by atoms with Crippen LogP contribution in [0.1, 0.15) is 26.2 Å². The van der Waals surface area contributed by atoms with Crippen molar-refractivity contribution in [2.45, 2.75) is 32.2 Å². The molecule has 1 heterocycles. The Morgan fingerprint density at radius 1 is 1.29 bits per heavy atom. The van der Waals surface area contributed by atoms with Crippen molar-refractivity contribution in [2.75, 3.05) is 26.2 Å². The van der Waals surface area contributed by atoms with Gasteiger partial charge in [0.1, 0.15) is 0 Å². The molecule has 0 spiro atoms. The van der Waals surface area contributed by atoms with E-state index in [1.54, 1.807) is 4.90 Å². The smallest absolute Gasteiger partial charge is 0.311 e. The van der Waals surface area contributed by atoms with Gasteiger partial charge in [-0.1, -0.05) is 6.42 Å². The van der Waals surface area contributed by atoms with Crippen LogP contribution < -0.4 is 10.6 Å². The molecule has 1 saturated carbocycles. The van der Waals surface area contributed by atoms with Crippen LogP contribution in [0.25, 0.3) is 0 Å². The second-order valence-electron chi connectivity index (χ2n) is 5.00. The number of nitrogens with zero attached hydrogens (tertiary/aromatic N) is 1. The number of piperazine rings is 1. The summed E-state index contributed by atoms with van der Waals surface area (Å²) in [7, 11) is 0. The van der Waals surface area contributed by atoms with Gasteiger partial charge in [0.2, 0.25) is 0 Å². The molecule has 0 aromatic heterocycles.